The number of ether oxygens (including phenoxy) is 2. The third-order valence-electron chi connectivity index (χ3n) is 3.39. The zero-order valence-corrected chi connectivity index (χ0v) is 15.8. The van der Waals surface area contributed by atoms with E-state index in [1.807, 2.05) is 6.92 Å². The normalized spacial score (nSPS) is 19.4. The molecule has 9 heteroatoms. The van der Waals surface area contributed by atoms with Gasteiger partial charge in [-0.1, -0.05) is 0 Å². The van der Waals surface area contributed by atoms with E-state index in [2.05, 4.69) is 21.2 Å². The Balaban J connectivity index is 0.00000242. The van der Waals surface area contributed by atoms with Crippen LogP contribution in [0.5, 0.6) is 11.5 Å². The predicted octanol–water partition coefficient (Wildman–Crippen LogP) is 1.87. The molecule has 1 saturated heterocycles. The molecule has 1 N–H and O–H groups in total. The topological polar surface area (TPSA) is 67.9 Å². The highest BCUT2D eigenvalue weighted by molar-refractivity contribution is 9.10. The van der Waals surface area contributed by atoms with Crippen molar-refractivity contribution in [1.82, 2.24) is 9.62 Å². The lowest BCUT2D eigenvalue weighted by Gasteiger charge is -2.31. The highest BCUT2D eigenvalue weighted by atomic mass is 79.9. The Labute approximate surface area is 145 Å². The number of benzene rings is 1. The van der Waals surface area contributed by atoms with Gasteiger partial charge >= 0.3 is 0 Å². The van der Waals surface area contributed by atoms with Gasteiger partial charge in [0.05, 0.1) is 18.7 Å². The van der Waals surface area contributed by atoms with Crippen molar-refractivity contribution in [3.8, 4) is 11.5 Å². The van der Waals surface area contributed by atoms with Crippen LogP contribution in [0.2, 0.25) is 0 Å². The van der Waals surface area contributed by atoms with Crippen LogP contribution >= 0.6 is 28.3 Å². The molecule has 2 rings (SSSR count). The Hall–Kier alpha value is -0.540. The van der Waals surface area contributed by atoms with Gasteiger partial charge in [-0.15, -0.1) is 12.4 Å². The lowest BCUT2D eigenvalue weighted by Crippen LogP contribution is -2.51. The second kappa shape index (κ2) is 7.83. The molecule has 0 spiro atoms. The summed E-state index contributed by atoms with van der Waals surface area (Å²) in [5.41, 5.74) is 0. The Bertz CT molecular complexity index is 627. The second-order valence-electron chi connectivity index (χ2n) is 4.86. The Morgan fingerprint density at radius 1 is 1.27 bits per heavy atom. The first kappa shape index (κ1) is 19.5. The molecular weight excluding hydrogens is 396 g/mol. The van der Waals surface area contributed by atoms with Crippen molar-refractivity contribution in [3.05, 3.63) is 16.6 Å². The third kappa shape index (κ3) is 3.86. The van der Waals surface area contributed by atoms with E-state index in [1.165, 1.54) is 24.6 Å². The van der Waals surface area contributed by atoms with E-state index < -0.39 is 10.0 Å². The Morgan fingerprint density at radius 3 is 2.45 bits per heavy atom. The number of hydrogen-bond donors (Lipinski definition) is 1. The summed E-state index contributed by atoms with van der Waals surface area (Å²) in [6.07, 6.45) is 0. The molecule has 1 heterocycles. The van der Waals surface area contributed by atoms with E-state index in [1.54, 1.807) is 6.07 Å². The number of nitrogens with one attached hydrogen (secondary N) is 1. The molecule has 0 saturated carbocycles. The molecule has 1 atom stereocenters. The van der Waals surface area contributed by atoms with Crippen molar-refractivity contribution in [2.45, 2.75) is 17.9 Å². The summed E-state index contributed by atoms with van der Waals surface area (Å²) in [6, 6.07) is 3.22. The minimum Gasteiger partial charge on any atom is -0.496 e. The summed E-state index contributed by atoms with van der Waals surface area (Å²) < 4.78 is 38.2. The fourth-order valence-electron chi connectivity index (χ4n) is 2.29. The van der Waals surface area contributed by atoms with E-state index in [4.69, 9.17) is 9.47 Å². The molecule has 0 aromatic heterocycles. The van der Waals surface area contributed by atoms with Gasteiger partial charge in [0.25, 0.3) is 0 Å². The molecule has 22 heavy (non-hydrogen) atoms. The number of rotatable bonds is 4. The van der Waals surface area contributed by atoms with Gasteiger partial charge in [-0.25, -0.2) is 8.42 Å². The molecule has 126 valence electrons. The first-order valence-corrected chi connectivity index (χ1v) is 8.78. The van der Waals surface area contributed by atoms with Crippen molar-refractivity contribution < 1.29 is 17.9 Å². The third-order valence-corrected chi connectivity index (χ3v) is 5.89. The number of methoxy groups -OCH3 is 2. The van der Waals surface area contributed by atoms with Crippen LogP contribution in [0.1, 0.15) is 6.92 Å². The van der Waals surface area contributed by atoms with Crippen LogP contribution < -0.4 is 14.8 Å². The zero-order chi connectivity index (χ0) is 15.6. The fraction of sp³-hybridized carbons (Fsp3) is 0.538. The molecule has 0 amide bonds. The van der Waals surface area contributed by atoms with E-state index in [0.29, 0.717) is 35.6 Å². The lowest BCUT2D eigenvalue weighted by molar-refractivity contribution is 0.308. The second-order valence-corrected chi connectivity index (χ2v) is 7.62. The first-order chi connectivity index (χ1) is 9.90. The Kier molecular flexibility index (Phi) is 6.94. The lowest BCUT2D eigenvalue weighted by atomic mass is 10.3. The minimum absolute atomic E-state index is 0. The molecule has 1 unspecified atom stereocenters. The van der Waals surface area contributed by atoms with E-state index >= 15 is 0 Å². The van der Waals surface area contributed by atoms with Gasteiger partial charge in [0.15, 0.2) is 0 Å². The van der Waals surface area contributed by atoms with Crippen LogP contribution in [-0.4, -0.2) is 52.6 Å². The first-order valence-electron chi connectivity index (χ1n) is 6.55. The van der Waals surface area contributed by atoms with Crippen molar-refractivity contribution in [3.63, 3.8) is 0 Å². The monoisotopic (exact) mass is 414 g/mol. The Morgan fingerprint density at radius 2 is 1.91 bits per heavy atom. The smallest absolute Gasteiger partial charge is 0.246 e. The largest absolute Gasteiger partial charge is 0.496 e. The van der Waals surface area contributed by atoms with Crippen LogP contribution in [-0.2, 0) is 10.0 Å². The highest BCUT2D eigenvalue weighted by Crippen LogP contribution is 2.36. The van der Waals surface area contributed by atoms with E-state index in [0.717, 1.165) is 0 Å². The zero-order valence-electron chi connectivity index (χ0n) is 12.6. The van der Waals surface area contributed by atoms with Gasteiger partial charge in [-0.05, 0) is 28.9 Å². The SMILES string of the molecule is COc1cc(S(=O)(=O)N2CCNC(C)C2)c(OC)cc1Br.Cl. The summed E-state index contributed by atoms with van der Waals surface area (Å²) in [4.78, 5) is 0.124. The average molecular weight is 416 g/mol. The van der Waals surface area contributed by atoms with Gasteiger partial charge in [0, 0.05) is 31.7 Å². The van der Waals surface area contributed by atoms with Crippen LogP contribution in [0.15, 0.2) is 21.5 Å². The quantitative estimate of drug-likeness (QED) is 0.813. The summed E-state index contributed by atoms with van der Waals surface area (Å²) in [6.45, 7) is 3.47. The molecule has 1 aliphatic rings. The average Bonchev–Trinajstić information content (AvgIpc) is 2.46. The molecule has 0 bridgehead atoms. The van der Waals surface area contributed by atoms with Gasteiger partial charge in [-0.2, -0.15) is 4.31 Å². The van der Waals surface area contributed by atoms with E-state index in [-0.39, 0.29) is 23.3 Å². The van der Waals surface area contributed by atoms with Crippen molar-refractivity contribution >= 4 is 38.4 Å². The van der Waals surface area contributed by atoms with Crippen LogP contribution in [0, 0.1) is 0 Å². The standard InChI is InChI=1S/C13H19BrN2O4S.ClH/c1-9-8-16(5-4-15-9)21(17,18)13-7-11(19-2)10(14)6-12(13)20-3;/h6-7,9,15H,4-5,8H2,1-3H3;1H. The van der Waals surface area contributed by atoms with Crippen LogP contribution in [0.3, 0.4) is 0 Å². The maximum absolute atomic E-state index is 12.8. The van der Waals surface area contributed by atoms with Gasteiger partial charge in [0.2, 0.25) is 10.0 Å². The highest BCUT2D eigenvalue weighted by Gasteiger charge is 2.31. The number of halogens is 2. The minimum atomic E-state index is -3.62. The molecule has 1 aromatic carbocycles. The van der Waals surface area contributed by atoms with E-state index in [9.17, 15) is 8.42 Å². The van der Waals surface area contributed by atoms with Crippen molar-refractivity contribution in [2.75, 3.05) is 33.9 Å². The number of piperazine rings is 1. The van der Waals surface area contributed by atoms with Crippen molar-refractivity contribution in [2.24, 2.45) is 0 Å². The fourth-order valence-corrected chi connectivity index (χ4v) is 4.45. The molecule has 6 nitrogen and oxygen atoms in total. The molecule has 0 radical (unpaired) electrons. The number of nitrogens with zero attached hydrogens (tertiary/aromatic N) is 1. The number of sulfonamides is 1. The predicted molar refractivity (Wildman–Crippen MR) is 90.7 cm³/mol. The summed E-state index contributed by atoms with van der Waals surface area (Å²) in [5.74, 6) is 0.756. The van der Waals surface area contributed by atoms with Crippen molar-refractivity contribution in [1.29, 1.82) is 0 Å². The number of hydrogen-bond acceptors (Lipinski definition) is 5. The summed E-state index contributed by atoms with van der Waals surface area (Å²) in [5, 5.41) is 3.23. The molecule has 0 aliphatic carbocycles. The van der Waals surface area contributed by atoms with Gasteiger partial charge < -0.3 is 14.8 Å². The van der Waals surface area contributed by atoms with Gasteiger partial charge in [0.1, 0.15) is 16.4 Å². The molecule has 1 aromatic rings. The van der Waals surface area contributed by atoms with Gasteiger partial charge in [-0.3, -0.25) is 0 Å². The van der Waals surface area contributed by atoms with Crippen LogP contribution in [0.25, 0.3) is 0 Å². The molecule has 1 fully saturated rings. The maximum atomic E-state index is 12.8. The summed E-state index contributed by atoms with van der Waals surface area (Å²) in [7, 11) is -0.672. The summed E-state index contributed by atoms with van der Waals surface area (Å²) >= 11 is 3.33. The molecule has 1 aliphatic heterocycles. The van der Waals surface area contributed by atoms with Crippen LogP contribution in [0.4, 0.5) is 0 Å². The maximum Gasteiger partial charge on any atom is 0.246 e. The molecular formula is C13H20BrClN2O4S.